The molecule has 0 saturated heterocycles. The number of halogens is 1. The van der Waals surface area contributed by atoms with Gasteiger partial charge < -0.3 is 0 Å². The molecule has 3 aromatic rings. The van der Waals surface area contributed by atoms with Crippen molar-refractivity contribution in [1.82, 2.24) is 19.7 Å². The first-order valence-corrected chi connectivity index (χ1v) is 6.22. The largest absolute Gasteiger partial charge is 0.264 e. The van der Waals surface area contributed by atoms with Crippen molar-refractivity contribution < 1.29 is 0 Å². The molecule has 0 amide bonds. The van der Waals surface area contributed by atoms with Crippen molar-refractivity contribution in [3.05, 3.63) is 59.6 Å². The van der Waals surface area contributed by atoms with Crippen molar-refractivity contribution in [1.29, 1.82) is 0 Å². The number of hydrogen-bond donors (Lipinski definition) is 0. The predicted molar refractivity (Wildman–Crippen MR) is 74.3 cm³/mol. The van der Waals surface area contributed by atoms with Crippen molar-refractivity contribution in [2.75, 3.05) is 0 Å². The molecular weight excluding hydrogens is 260 g/mol. The Kier molecular flexibility index (Phi) is 3.01. The van der Waals surface area contributed by atoms with Gasteiger partial charge in [-0.1, -0.05) is 30.3 Å². The molecule has 0 aliphatic heterocycles. The van der Waals surface area contributed by atoms with E-state index in [1.807, 2.05) is 43.3 Å². The lowest BCUT2D eigenvalue weighted by Crippen LogP contribution is -2.00. The van der Waals surface area contributed by atoms with Gasteiger partial charge in [-0.2, -0.15) is 0 Å². The SMILES string of the molecule is Cc1ccncc1-n1c(Cl)nnc1-c1ccccc1. The van der Waals surface area contributed by atoms with Gasteiger partial charge in [-0.3, -0.25) is 9.55 Å². The van der Waals surface area contributed by atoms with E-state index in [9.17, 15) is 0 Å². The van der Waals surface area contributed by atoms with Gasteiger partial charge in [-0.15, -0.1) is 10.2 Å². The zero-order valence-electron chi connectivity index (χ0n) is 10.3. The summed E-state index contributed by atoms with van der Waals surface area (Å²) in [6.45, 7) is 2.00. The Balaban J connectivity index is 2.23. The lowest BCUT2D eigenvalue weighted by molar-refractivity contribution is 1.03. The predicted octanol–water partition coefficient (Wildman–Crippen LogP) is 3.29. The lowest BCUT2D eigenvalue weighted by atomic mass is 10.2. The van der Waals surface area contributed by atoms with Crippen LogP contribution in [0.2, 0.25) is 5.28 Å². The summed E-state index contributed by atoms with van der Waals surface area (Å²) in [5.74, 6) is 0.710. The molecule has 4 nitrogen and oxygen atoms in total. The van der Waals surface area contributed by atoms with E-state index in [1.54, 1.807) is 17.0 Å². The number of aryl methyl sites for hydroxylation is 1. The fraction of sp³-hybridized carbons (Fsp3) is 0.0714. The van der Waals surface area contributed by atoms with Gasteiger partial charge in [0.2, 0.25) is 5.28 Å². The molecule has 5 heteroatoms. The maximum atomic E-state index is 6.16. The topological polar surface area (TPSA) is 43.6 Å². The van der Waals surface area contributed by atoms with Gasteiger partial charge in [0, 0.05) is 11.8 Å². The molecule has 0 saturated carbocycles. The number of rotatable bonds is 2. The van der Waals surface area contributed by atoms with Crippen molar-refractivity contribution in [3.63, 3.8) is 0 Å². The molecule has 0 radical (unpaired) electrons. The molecule has 19 heavy (non-hydrogen) atoms. The van der Waals surface area contributed by atoms with E-state index >= 15 is 0 Å². The minimum atomic E-state index is 0.329. The van der Waals surface area contributed by atoms with Crippen LogP contribution in [0.5, 0.6) is 0 Å². The van der Waals surface area contributed by atoms with Gasteiger partial charge in [0.05, 0.1) is 11.9 Å². The zero-order valence-corrected chi connectivity index (χ0v) is 11.0. The molecule has 0 unspecified atom stereocenters. The number of benzene rings is 1. The molecule has 0 N–H and O–H groups in total. The van der Waals surface area contributed by atoms with E-state index in [4.69, 9.17) is 11.6 Å². The molecule has 0 fully saturated rings. The third-order valence-electron chi connectivity index (χ3n) is 2.91. The summed E-state index contributed by atoms with van der Waals surface area (Å²) in [7, 11) is 0. The van der Waals surface area contributed by atoms with Gasteiger partial charge in [0.1, 0.15) is 0 Å². The van der Waals surface area contributed by atoms with Gasteiger partial charge in [-0.25, -0.2) is 0 Å². The van der Waals surface area contributed by atoms with E-state index in [1.165, 1.54) is 0 Å². The number of aromatic nitrogens is 4. The van der Waals surface area contributed by atoms with Crippen LogP contribution in [0.1, 0.15) is 5.56 Å². The van der Waals surface area contributed by atoms with Crippen molar-refractivity contribution >= 4 is 11.6 Å². The molecule has 94 valence electrons. The van der Waals surface area contributed by atoms with E-state index in [2.05, 4.69) is 15.2 Å². The molecule has 0 bridgehead atoms. The van der Waals surface area contributed by atoms with Crippen LogP contribution in [0.25, 0.3) is 17.1 Å². The third-order valence-corrected chi connectivity index (χ3v) is 3.15. The molecule has 2 heterocycles. The van der Waals surface area contributed by atoms with Crippen molar-refractivity contribution in [2.24, 2.45) is 0 Å². The zero-order chi connectivity index (χ0) is 13.2. The highest BCUT2D eigenvalue weighted by atomic mass is 35.5. The summed E-state index contributed by atoms with van der Waals surface area (Å²) >= 11 is 6.16. The highest BCUT2D eigenvalue weighted by Crippen LogP contribution is 2.25. The Morgan fingerprint density at radius 2 is 1.84 bits per heavy atom. The Bertz CT molecular complexity index is 706. The standard InChI is InChI=1S/C14H11ClN4/c1-10-7-8-16-9-12(10)19-13(17-18-14(19)15)11-5-3-2-4-6-11/h2-9H,1H3. The van der Waals surface area contributed by atoms with E-state index in [-0.39, 0.29) is 0 Å². The second-order valence-electron chi connectivity index (χ2n) is 4.16. The smallest absolute Gasteiger partial charge is 0.230 e. The van der Waals surface area contributed by atoms with Gasteiger partial charge in [0.25, 0.3) is 0 Å². The van der Waals surface area contributed by atoms with Crippen molar-refractivity contribution in [3.8, 4) is 17.1 Å². The first-order chi connectivity index (χ1) is 9.27. The maximum Gasteiger partial charge on any atom is 0.230 e. The van der Waals surface area contributed by atoms with Crippen molar-refractivity contribution in [2.45, 2.75) is 6.92 Å². The number of pyridine rings is 1. The van der Waals surface area contributed by atoms with Crippen LogP contribution in [-0.2, 0) is 0 Å². The average Bonchev–Trinajstić information content (AvgIpc) is 2.82. The molecule has 0 spiro atoms. The average molecular weight is 271 g/mol. The normalized spacial score (nSPS) is 10.6. The molecule has 0 atom stereocenters. The van der Waals surface area contributed by atoms with Crippen LogP contribution in [0.4, 0.5) is 0 Å². The fourth-order valence-corrected chi connectivity index (χ4v) is 2.15. The highest BCUT2D eigenvalue weighted by Gasteiger charge is 2.15. The van der Waals surface area contributed by atoms with Crippen LogP contribution in [-0.4, -0.2) is 19.7 Å². The Morgan fingerprint density at radius 3 is 2.58 bits per heavy atom. The van der Waals surface area contributed by atoms with Gasteiger partial charge >= 0.3 is 0 Å². The first-order valence-electron chi connectivity index (χ1n) is 5.84. The Hall–Kier alpha value is -2.20. The minimum Gasteiger partial charge on any atom is -0.264 e. The second-order valence-corrected chi connectivity index (χ2v) is 4.49. The number of hydrogen-bond acceptors (Lipinski definition) is 3. The van der Waals surface area contributed by atoms with Gasteiger partial charge in [-0.05, 0) is 30.2 Å². The van der Waals surface area contributed by atoms with Crippen LogP contribution < -0.4 is 0 Å². The Morgan fingerprint density at radius 1 is 1.05 bits per heavy atom. The summed E-state index contributed by atoms with van der Waals surface area (Å²) in [5, 5.41) is 8.45. The molecule has 0 aliphatic rings. The van der Waals surface area contributed by atoms with E-state index < -0.39 is 0 Å². The molecule has 3 rings (SSSR count). The summed E-state index contributed by atoms with van der Waals surface area (Å²) in [6, 6.07) is 11.8. The summed E-state index contributed by atoms with van der Waals surface area (Å²) < 4.78 is 1.80. The highest BCUT2D eigenvalue weighted by molar-refractivity contribution is 6.28. The lowest BCUT2D eigenvalue weighted by Gasteiger charge is -2.09. The third kappa shape index (κ3) is 2.11. The van der Waals surface area contributed by atoms with Crippen LogP contribution in [0.3, 0.4) is 0 Å². The summed E-state index contributed by atoms with van der Waals surface area (Å²) in [6.07, 6.45) is 3.51. The molecular formula is C14H11ClN4. The van der Waals surface area contributed by atoms with Crippen LogP contribution >= 0.6 is 11.6 Å². The first kappa shape index (κ1) is 11.9. The summed E-state index contributed by atoms with van der Waals surface area (Å²) in [5.41, 5.74) is 2.91. The maximum absolute atomic E-state index is 6.16. The fourth-order valence-electron chi connectivity index (χ4n) is 1.94. The Labute approximate surface area is 115 Å². The molecule has 2 aromatic heterocycles. The van der Waals surface area contributed by atoms with E-state index in [0.29, 0.717) is 11.1 Å². The number of nitrogens with zero attached hydrogens (tertiary/aromatic N) is 4. The summed E-state index contributed by atoms with van der Waals surface area (Å²) in [4.78, 5) is 4.14. The monoisotopic (exact) mass is 270 g/mol. The second kappa shape index (κ2) is 4.82. The molecule has 1 aromatic carbocycles. The van der Waals surface area contributed by atoms with E-state index in [0.717, 1.165) is 16.8 Å². The molecule has 0 aliphatic carbocycles. The van der Waals surface area contributed by atoms with Crippen LogP contribution in [0.15, 0.2) is 48.8 Å². The van der Waals surface area contributed by atoms with Gasteiger partial charge in [0.15, 0.2) is 5.82 Å². The van der Waals surface area contributed by atoms with Crippen LogP contribution in [0, 0.1) is 6.92 Å². The minimum absolute atomic E-state index is 0.329. The quantitative estimate of drug-likeness (QED) is 0.718.